The van der Waals surface area contributed by atoms with E-state index in [0.29, 0.717) is 0 Å². The van der Waals surface area contributed by atoms with Gasteiger partial charge in [-0.3, -0.25) is 0 Å². The Balaban J connectivity index is 0.00000220. The Morgan fingerprint density at radius 1 is 1.09 bits per heavy atom. The van der Waals surface area contributed by atoms with Crippen molar-refractivity contribution in [1.82, 2.24) is 0 Å². The van der Waals surface area contributed by atoms with Crippen LogP contribution in [0.1, 0.15) is 25.8 Å². The van der Waals surface area contributed by atoms with Gasteiger partial charge in [0.05, 0.1) is 0 Å². The number of hydrogen-bond donors (Lipinski definition) is 0. The SMILES string of the molecule is CC(C)(C1=[C]([Ti+2])CC=C1)c1ccccc1S[Si](C)(C)C.[Cl-].[Cl-]. The van der Waals surface area contributed by atoms with Crippen LogP contribution >= 0.6 is 11.2 Å². The molecule has 0 amide bonds. The van der Waals surface area contributed by atoms with Crippen LogP contribution < -0.4 is 24.8 Å². The second kappa shape index (κ2) is 8.60. The van der Waals surface area contributed by atoms with Crippen molar-refractivity contribution in [3.8, 4) is 0 Å². The molecule has 0 radical (unpaired) electrons. The molecule has 1 aromatic rings. The Hall–Kier alpha value is 0.561. The average molecular weight is 406 g/mol. The number of allylic oxidation sites excluding steroid dienone is 4. The van der Waals surface area contributed by atoms with Crippen LogP contribution in [0.5, 0.6) is 0 Å². The van der Waals surface area contributed by atoms with Gasteiger partial charge in [0.2, 0.25) is 0 Å². The molecule has 0 nitrogen and oxygen atoms in total. The monoisotopic (exact) mass is 405 g/mol. The van der Waals surface area contributed by atoms with E-state index >= 15 is 0 Å². The predicted octanol–water partition coefficient (Wildman–Crippen LogP) is -0.340. The zero-order chi connectivity index (χ0) is 15.0. The third-order valence-electron chi connectivity index (χ3n) is 3.58. The zero-order valence-electron chi connectivity index (χ0n) is 13.8. The number of hydrogen-bond acceptors (Lipinski definition) is 1. The summed E-state index contributed by atoms with van der Waals surface area (Å²) in [5.41, 5.74) is 3.08. The largest absolute Gasteiger partial charge is 1.00 e. The molecule has 0 N–H and O–H groups in total. The second-order valence-electron chi connectivity index (χ2n) is 6.83. The van der Waals surface area contributed by atoms with Crippen LogP contribution in [0.2, 0.25) is 19.6 Å². The fourth-order valence-corrected chi connectivity index (χ4v) is 7.19. The number of benzene rings is 1. The molecule has 5 heteroatoms. The van der Waals surface area contributed by atoms with Crippen LogP contribution in [0.25, 0.3) is 0 Å². The minimum absolute atomic E-state index is 0. The van der Waals surface area contributed by atoms with E-state index in [9.17, 15) is 0 Å². The van der Waals surface area contributed by atoms with Crippen molar-refractivity contribution >= 4 is 18.4 Å². The van der Waals surface area contributed by atoms with Gasteiger partial charge in [0.15, 0.2) is 0 Å². The van der Waals surface area contributed by atoms with Gasteiger partial charge in [0.25, 0.3) is 0 Å². The molecular formula is C17H23Cl2SSiTi. The molecule has 1 aliphatic carbocycles. The van der Waals surface area contributed by atoms with E-state index in [1.54, 1.807) is 0 Å². The molecule has 119 valence electrons. The summed E-state index contributed by atoms with van der Waals surface area (Å²) in [6.07, 6.45) is 5.73. The molecule has 1 aliphatic rings. The summed E-state index contributed by atoms with van der Waals surface area (Å²) in [5, 5.41) is 0. The van der Waals surface area contributed by atoms with Crippen LogP contribution in [0.15, 0.2) is 50.8 Å². The van der Waals surface area contributed by atoms with E-state index in [-0.39, 0.29) is 30.2 Å². The topological polar surface area (TPSA) is 0 Å². The summed E-state index contributed by atoms with van der Waals surface area (Å²) in [7, 11) is -1.18. The Morgan fingerprint density at radius 2 is 1.68 bits per heavy atom. The van der Waals surface area contributed by atoms with Crippen molar-refractivity contribution in [2.45, 2.75) is 50.2 Å². The smallest absolute Gasteiger partial charge is 1.00 e. The van der Waals surface area contributed by atoms with Crippen molar-refractivity contribution in [2.24, 2.45) is 0 Å². The van der Waals surface area contributed by atoms with Crippen molar-refractivity contribution in [1.29, 1.82) is 0 Å². The van der Waals surface area contributed by atoms with Gasteiger partial charge in [-0.1, -0.05) is 0 Å². The molecule has 0 unspecified atom stereocenters. The van der Waals surface area contributed by atoms with Crippen LogP contribution in [0.3, 0.4) is 0 Å². The predicted molar refractivity (Wildman–Crippen MR) is 89.5 cm³/mol. The Kier molecular flexibility index (Phi) is 8.82. The summed E-state index contributed by atoms with van der Waals surface area (Å²) in [6, 6.07) is 8.97. The van der Waals surface area contributed by atoms with Gasteiger partial charge >= 0.3 is 141 Å². The fourth-order valence-electron chi connectivity index (χ4n) is 2.64. The maximum absolute atomic E-state index is 2.42. The summed E-state index contributed by atoms with van der Waals surface area (Å²) >= 11 is 4.38. The van der Waals surface area contributed by atoms with Gasteiger partial charge in [-0.25, -0.2) is 0 Å². The molecular weight excluding hydrogens is 383 g/mol. The van der Waals surface area contributed by atoms with Gasteiger partial charge in [-0.15, -0.1) is 0 Å². The molecule has 1 aromatic carbocycles. The first-order valence-electron chi connectivity index (χ1n) is 7.12. The summed E-state index contributed by atoms with van der Waals surface area (Å²) in [6.45, 7) is 12.0. The van der Waals surface area contributed by atoms with E-state index in [0.717, 1.165) is 6.42 Å². The third kappa shape index (κ3) is 5.29. The van der Waals surface area contributed by atoms with Crippen molar-refractivity contribution in [2.75, 3.05) is 0 Å². The molecule has 0 fully saturated rings. The molecule has 0 saturated heterocycles. The molecule has 0 bridgehead atoms. The molecule has 0 saturated carbocycles. The van der Waals surface area contributed by atoms with E-state index in [4.69, 9.17) is 0 Å². The first-order chi connectivity index (χ1) is 9.22. The van der Waals surface area contributed by atoms with Crippen LogP contribution in [-0.4, -0.2) is 7.22 Å². The van der Waals surface area contributed by atoms with Crippen LogP contribution in [-0.2, 0) is 25.9 Å². The average Bonchev–Trinajstić information content (AvgIpc) is 2.74. The molecule has 22 heavy (non-hydrogen) atoms. The zero-order valence-corrected chi connectivity index (χ0v) is 18.7. The standard InChI is InChI=1S/C17H23SSi.2ClH.Ti/c1-17(2,14-10-6-7-11-14)15-12-8-9-13-16(15)18-19(3,4)5;;;/h6,8-10,12-13H,7H2,1-5H3;2*1H;/q;;;+2/p-2. The van der Waals surface area contributed by atoms with Crippen molar-refractivity contribution in [3.63, 3.8) is 0 Å². The van der Waals surface area contributed by atoms with Gasteiger partial charge in [0.1, 0.15) is 0 Å². The van der Waals surface area contributed by atoms with Gasteiger partial charge in [0, 0.05) is 0 Å². The first-order valence-corrected chi connectivity index (χ1v) is 12.9. The Morgan fingerprint density at radius 3 is 2.18 bits per heavy atom. The number of rotatable bonds is 4. The van der Waals surface area contributed by atoms with Crippen molar-refractivity contribution in [3.05, 3.63) is 51.4 Å². The first kappa shape index (κ1) is 22.6. The second-order valence-corrected chi connectivity index (χ2v) is 16.9. The maximum atomic E-state index is 2.42. The quantitative estimate of drug-likeness (QED) is 0.617. The van der Waals surface area contributed by atoms with E-state index in [1.807, 2.05) is 0 Å². The summed E-state index contributed by atoms with van der Waals surface area (Å²) in [4.78, 5) is 1.47. The molecule has 0 heterocycles. The van der Waals surface area contributed by atoms with E-state index < -0.39 is 7.22 Å². The Labute approximate surface area is 164 Å². The van der Waals surface area contributed by atoms with Crippen LogP contribution in [0, 0.1) is 0 Å². The van der Waals surface area contributed by atoms with Crippen LogP contribution in [0.4, 0.5) is 0 Å². The number of halogens is 2. The van der Waals surface area contributed by atoms with Crippen molar-refractivity contribution < 1.29 is 45.2 Å². The van der Waals surface area contributed by atoms with E-state index in [1.165, 1.54) is 19.9 Å². The Bertz CT molecular complexity index is 574. The van der Waals surface area contributed by atoms with Gasteiger partial charge in [-0.2, -0.15) is 0 Å². The summed E-state index contributed by atoms with van der Waals surface area (Å²) < 4.78 is 1.52. The van der Waals surface area contributed by atoms with Gasteiger partial charge in [-0.05, 0) is 0 Å². The molecule has 0 aliphatic heterocycles. The van der Waals surface area contributed by atoms with E-state index in [2.05, 4.69) is 102 Å². The fraction of sp³-hybridized carbons (Fsp3) is 0.412. The minimum atomic E-state index is -1.18. The molecule has 0 aromatic heterocycles. The minimum Gasteiger partial charge on any atom is -1.00 e. The summed E-state index contributed by atoms with van der Waals surface area (Å²) in [5.74, 6) is 0. The molecule has 0 spiro atoms. The normalized spacial score (nSPS) is 14.7. The molecule has 0 atom stereocenters. The molecule has 2 rings (SSSR count). The van der Waals surface area contributed by atoms with Gasteiger partial charge < -0.3 is 24.8 Å². The third-order valence-corrected chi connectivity index (χ3v) is 8.01. The maximum Gasteiger partial charge on any atom is -1.00 e.